The Morgan fingerprint density at radius 1 is 1.17 bits per heavy atom. The van der Waals surface area contributed by atoms with E-state index in [0.717, 1.165) is 23.3 Å². The summed E-state index contributed by atoms with van der Waals surface area (Å²) in [7, 11) is 0. The van der Waals surface area contributed by atoms with Crippen LogP contribution in [-0.2, 0) is 6.42 Å². The van der Waals surface area contributed by atoms with Gasteiger partial charge in [0.1, 0.15) is 0 Å². The van der Waals surface area contributed by atoms with Crippen LogP contribution in [0.2, 0.25) is 5.02 Å². The molecule has 1 nitrogen and oxygen atoms in total. The highest BCUT2D eigenvalue weighted by atomic mass is 35.5. The number of halogens is 1. The average molecular weight is 283 g/mol. The van der Waals surface area contributed by atoms with E-state index < -0.39 is 5.60 Å². The first kappa shape index (κ1) is 11.7. The molecular weight excluding hydrogens is 264 g/mol. The zero-order chi connectivity index (χ0) is 12.3. The van der Waals surface area contributed by atoms with Crippen molar-refractivity contribution in [1.29, 1.82) is 0 Å². The van der Waals surface area contributed by atoms with Crippen LogP contribution < -0.4 is 0 Å². The van der Waals surface area contributed by atoms with E-state index in [0.29, 0.717) is 11.8 Å². The van der Waals surface area contributed by atoms with Gasteiger partial charge in [-0.1, -0.05) is 11.6 Å². The Hall–Kier alpha value is -0.0500. The summed E-state index contributed by atoms with van der Waals surface area (Å²) in [5, 5.41) is 14.1. The number of hydrogen-bond donors (Lipinski definition) is 1. The van der Waals surface area contributed by atoms with E-state index in [4.69, 9.17) is 11.6 Å². The van der Waals surface area contributed by atoms with E-state index in [1.807, 2.05) is 11.4 Å². The van der Waals surface area contributed by atoms with Crippen molar-refractivity contribution in [2.45, 2.75) is 44.1 Å². The molecule has 0 aliphatic heterocycles. The Kier molecular flexibility index (Phi) is 2.59. The SMILES string of the molecule is OC1(Cc2sccc2Cl)C2CC3CC(C2)CC1C3. The quantitative estimate of drug-likeness (QED) is 0.865. The fourth-order valence-corrected chi connectivity index (χ4v) is 6.20. The topological polar surface area (TPSA) is 20.2 Å². The lowest BCUT2D eigenvalue weighted by Gasteiger charge is -2.59. The molecule has 5 rings (SSSR count). The van der Waals surface area contributed by atoms with Gasteiger partial charge in [0, 0.05) is 11.3 Å². The van der Waals surface area contributed by atoms with Gasteiger partial charge in [-0.15, -0.1) is 11.3 Å². The minimum absolute atomic E-state index is 0.456. The van der Waals surface area contributed by atoms with E-state index in [9.17, 15) is 5.11 Å². The van der Waals surface area contributed by atoms with Crippen LogP contribution in [0.1, 0.15) is 37.0 Å². The van der Waals surface area contributed by atoms with Crippen molar-refractivity contribution in [2.75, 3.05) is 0 Å². The Balaban J connectivity index is 1.65. The molecule has 1 aromatic heterocycles. The number of thiophene rings is 1. The lowest BCUT2D eigenvalue weighted by Crippen LogP contribution is -2.58. The molecule has 4 saturated carbocycles. The van der Waals surface area contributed by atoms with Crippen molar-refractivity contribution in [1.82, 2.24) is 0 Å². The lowest BCUT2D eigenvalue weighted by atomic mass is 9.49. The van der Waals surface area contributed by atoms with Crippen LogP contribution in [0.15, 0.2) is 11.4 Å². The van der Waals surface area contributed by atoms with Gasteiger partial charge in [0.15, 0.2) is 0 Å². The lowest BCUT2D eigenvalue weighted by molar-refractivity contribution is -0.171. The Morgan fingerprint density at radius 3 is 2.28 bits per heavy atom. The van der Waals surface area contributed by atoms with Gasteiger partial charge < -0.3 is 5.11 Å². The van der Waals surface area contributed by atoms with Crippen molar-refractivity contribution in [3.63, 3.8) is 0 Å². The molecule has 98 valence electrons. The Morgan fingerprint density at radius 2 is 1.78 bits per heavy atom. The first-order valence-corrected chi connectivity index (χ1v) is 8.35. The summed E-state index contributed by atoms with van der Waals surface area (Å²) in [6.45, 7) is 0. The van der Waals surface area contributed by atoms with Gasteiger partial charge in [-0.2, -0.15) is 0 Å². The molecule has 4 fully saturated rings. The van der Waals surface area contributed by atoms with Crippen molar-refractivity contribution >= 4 is 22.9 Å². The summed E-state index contributed by atoms with van der Waals surface area (Å²) < 4.78 is 0. The molecule has 4 aliphatic carbocycles. The summed E-state index contributed by atoms with van der Waals surface area (Å²) in [5.41, 5.74) is -0.456. The highest BCUT2D eigenvalue weighted by Gasteiger charge is 2.56. The van der Waals surface area contributed by atoms with Crippen LogP contribution in [0.25, 0.3) is 0 Å². The van der Waals surface area contributed by atoms with E-state index in [-0.39, 0.29) is 0 Å². The Bertz CT molecular complexity index is 439. The predicted molar refractivity (Wildman–Crippen MR) is 75.0 cm³/mol. The average Bonchev–Trinajstić information content (AvgIpc) is 2.71. The molecule has 0 radical (unpaired) electrons. The largest absolute Gasteiger partial charge is 0.389 e. The third kappa shape index (κ3) is 1.62. The first-order chi connectivity index (χ1) is 8.65. The standard InChI is InChI=1S/C15H19ClOS/c16-13-1-2-18-14(13)8-15(17)11-4-9-3-10(6-11)7-12(15)5-9/h1-2,9-12,17H,3-8H2. The second-order valence-electron chi connectivity index (χ2n) is 6.66. The van der Waals surface area contributed by atoms with Crippen LogP contribution in [0.3, 0.4) is 0 Å². The van der Waals surface area contributed by atoms with Crippen molar-refractivity contribution in [3.05, 3.63) is 21.3 Å². The summed E-state index contributed by atoms with van der Waals surface area (Å²) in [4.78, 5) is 1.19. The van der Waals surface area contributed by atoms with Crippen LogP contribution in [-0.4, -0.2) is 10.7 Å². The summed E-state index contributed by atoms with van der Waals surface area (Å²) >= 11 is 7.91. The van der Waals surface area contributed by atoms with Gasteiger partial charge in [0.2, 0.25) is 0 Å². The fraction of sp³-hybridized carbons (Fsp3) is 0.733. The van der Waals surface area contributed by atoms with Gasteiger partial charge in [-0.3, -0.25) is 0 Å². The van der Waals surface area contributed by atoms with Gasteiger partial charge in [-0.25, -0.2) is 0 Å². The van der Waals surface area contributed by atoms with E-state index >= 15 is 0 Å². The van der Waals surface area contributed by atoms with Crippen LogP contribution in [0.5, 0.6) is 0 Å². The molecule has 0 unspecified atom stereocenters. The molecule has 0 saturated heterocycles. The molecule has 0 aromatic carbocycles. The minimum atomic E-state index is -0.456. The molecule has 0 atom stereocenters. The molecule has 0 amide bonds. The molecule has 0 spiro atoms. The molecule has 4 bridgehead atoms. The highest BCUT2D eigenvalue weighted by molar-refractivity contribution is 7.10. The second-order valence-corrected chi connectivity index (χ2v) is 8.07. The number of aliphatic hydroxyl groups is 1. The zero-order valence-electron chi connectivity index (χ0n) is 10.4. The van der Waals surface area contributed by atoms with E-state index in [1.54, 1.807) is 11.3 Å². The van der Waals surface area contributed by atoms with E-state index in [2.05, 4.69) is 0 Å². The van der Waals surface area contributed by atoms with E-state index in [1.165, 1.54) is 37.0 Å². The Labute approximate surface area is 117 Å². The highest BCUT2D eigenvalue weighted by Crippen LogP contribution is 2.59. The first-order valence-electron chi connectivity index (χ1n) is 7.09. The van der Waals surface area contributed by atoms with Gasteiger partial charge in [0.05, 0.1) is 10.6 Å². The minimum Gasteiger partial charge on any atom is -0.389 e. The van der Waals surface area contributed by atoms with Gasteiger partial charge >= 0.3 is 0 Å². The fourth-order valence-electron chi connectivity index (χ4n) is 5.00. The predicted octanol–water partition coefficient (Wildman–Crippen LogP) is 4.13. The van der Waals surface area contributed by atoms with Crippen molar-refractivity contribution in [2.24, 2.45) is 23.7 Å². The molecule has 1 N–H and O–H groups in total. The zero-order valence-corrected chi connectivity index (χ0v) is 12.0. The monoisotopic (exact) mass is 282 g/mol. The van der Waals surface area contributed by atoms with Crippen molar-refractivity contribution in [3.8, 4) is 0 Å². The van der Waals surface area contributed by atoms with Crippen LogP contribution in [0, 0.1) is 23.7 Å². The smallest absolute Gasteiger partial charge is 0.0752 e. The normalized spacial score (nSPS) is 45.7. The molecular formula is C15H19ClOS. The van der Waals surface area contributed by atoms with Crippen molar-refractivity contribution < 1.29 is 5.11 Å². The summed E-state index contributed by atoms with van der Waals surface area (Å²) in [6, 6.07) is 1.96. The second kappa shape index (κ2) is 3.97. The van der Waals surface area contributed by atoms with Crippen LogP contribution in [0.4, 0.5) is 0 Å². The number of rotatable bonds is 2. The van der Waals surface area contributed by atoms with Gasteiger partial charge in [0.25, 0.3) is 0 Å². The maximum atomic E-state index is 11.2. The summed E-state index contributed by atoms with van der Waals surface area (Å²) in [5.74, 6) is 2.89. The molecule has 18 heavy (non-hydrogen) atoms. The summed E-state index contributed by atoms with van der Waals surface area (Å²) in [6.07, 6.45) is 7.25. The maximum absolute atomic E-state index is 11.2. The molecule has 1 heterocycles. The maximum Gasteiger partial charge on any atom is 0.0752 e. The van der Waals surface area contributed by atoms with Gasteiger partial charge in [-0.05, 0) is 67.2 Å². The third-order valence-electron chi connectivity index (χ3n) is 5.69. The molecule has 4 aliphatic rings. The third-order valence-corrected chi connectivity index (χ3v) is 7.07. The van der Waals surface area contributed by atoms with Crippen LogP contribution >= 0.6 is 22.9 Å². The number of hydrogen-bond acceptors (Lipinski definition) is 2. The molecule has 1 aromatic rings. The molecule has 3 heteroatoms.